The van der Waals surface area contributed by atoms with Crippen LogP contribution in [0.1, 0.15) is 79.3 Å². The first-order valence-electron chi connectivity index (χ1n) is 20.0. The monoisotopic (exact) mass is 744 g/mol. The van der Waals surface area contributed by atoms with Gasteiger partial charge >= 0.3 is 0 Å². The molecule has 0 amide bonds. The van der Waals surface area contributed by atoms with E-state index in [1.165, 1.54) is 51.4 Å². The van der Waals surface area contributed by atoms with Crippen LogP contribution in [-0.4, -0.2) is 74.2 Å². The van der Waals surface area contributed by atoms with Crippen molar-refractivity contribution in [2.75, 3.05) is 46.4 Å². The average Bonchev–Trinajstić information content (AvgIpc) is 3.89. The first-order valence-corrected chi connectivity index (χ1v) is 20.8. The Morgan fingerprint density at radius 2 is 1.50 bits per heavy atom. The highest BCUT2D eigenvalue weighted by molar-refractivity contribution is 7.22. The van der Waals surface area contributed by atoms with Crippen molar-refractivity contribution < 1.29 is 23.7 Å². The number of benzene rings is 4. The molecule has 2 saturated heterocycles. The van der Waals surface area contributed by atoms with E-state index in [-0.39, 0.29) is 11.9 Å². The number of hydrogen-bond acceptors (Lipinski definition) is 8. The molecule has 1 aliphatic carbocycles. The number of hydrogen-bond donors (Lipinski definition) is 0. The number of nitrogens with zero attached hydrogens (tertiary/aromatic N) is 2. The number of carbonyl (C=O) groups excluding carboxylic acids is 1. The summed E-state index contributed by atoms with van der Waals surface area (Å²) in [7, 11) is 1.66. The maximum absolute atomic E-state index is 14.7. The van der Waals surface area contributed by atoms with Crippen LogP contribution in [0.15, 0.2) is 91.0 Å². The standard InChI is InChI=1S/C46H52N2O5S/c1-50-42-30-35(18-23-41(42)53-40-15-7-6-14-39(40)48-26-8-3-9-27-48)45(49)44-38-22-21-37(52-32-33-12-4-2-5-13-33)31-43(38)54-46(44)34-16-19-36(20-17-34)51-29-28-47-24-10-11-25-47/h2,4-5,12-13,16-23,30-31,39-40H,3,6-11,14-15,24-29,32H2,1H3. The number of rotatable bonds is 14. The number of piperidine rings is 1. The third-order valence-corrected chi connectivity index (χ3v) is 12.6. The lowest BCUT2D eigenvalue weighted by atomic mass is 9.90. The smallest absolute Gasteiger partial charge is 0.195 e. The van der Waals surface area contributed by atoms with E-state index in [1.807, 2.05) is 60.7 Å². The minimum Gasteiger partial charge on any atom is -0.493 e. The van der Waals surface area contributed by atoms with Crippen LogP contribution < -0.4 is 18.9 Å². The summed E-state index contributed by atoms with van der Waals surface area (Å²) >= 11 is 1.62. The molecular formula is C46H52N2O5S. The lowest BCUT2D eigenvalue weighted by molar-refractivity contribution is 0.0248. The molecule has 7 nitrogen and oxygen atoms in total. The fourth-order valence-corrected chi connectivity index (χ4v) is 9.67. The largest absolute Gasteiger partial charge is 0.493 e. The van der Waals surface area contributed by atoms with Gasteiger partial charge in [-0.15, -0.1) is 11.3 Å². The maximum Gasteiger partial charge on any atom is 0.195 e. The Labute approximate surface area is 323 Å². The summed E-state index contributed by atoms with van der Waals surface area (Å²) in [5, 5.41) is 0.906. The van der Waals surface area contributed by atoms with Crippen LogP contribution in [0.3, 0.4) is 0 Å². The Kier molecular flexibility index (Phi) is 11.8. The number of ether oxygens (including phenoxy) is 4. The van der Waals surface area contributed by atoms with Crippen molar-refractivity contribution in [3.63, 3.8) is 0 Å². The topological polar surface area (TPSA) is 60.5 Å². The number of carbonyl (C=O) groups is 1. The molecule has 3 heterocycles. The minimum absolute atomic E-state index is 0.0474. The summed E-state index contributed by atoms with van der Waals surface area (Å²) in [6, 6.07) is 30.5. The molecule has 282 valence electrons. The van der Waals surface area contributed by atoms with Gasteiger partial charge in [0.2, 0.25) is 0 Å². The summed E-state index contributed by atoms with van der Waals surface area (Å²) in [5.41, 5.74) is 3.34. The van der Waals surface area contributed by atoms with Crippen molar-refractivity contribution in [2.24, 2.45) is 0 Å². The van der Waals surface area contributed by atoms with Gasteiger partial charge < -0.3 is 18.9 Å². The zero-order valence-electron chi connectivity index (χ0n) is 31.5. The van der Waals surface area contributed by atoms with Gasteiger partial charge in [0.25, 0.3) is 0 Å². The second-order valence-corrected chi connectivity index (χ2v) is 16.0. The number of likely N-dealkylation sites (tertiary alicyclic amines) is 2. The molecule has 3 fully saturated rings. The van der Waals surface area contributed by atoms with E-state index in [0.717, 1.165) is 76.7 Å². The fourth-order valence-electron chi connectivity index (χ4n) is 8.43. The third kappa shape index (κ3) is 8.46. The molecule has 2 aliphatic heterocycles. The normalized spacial score (nSPS) is 19.5. The van der Waals surface area contributed by atoms with E-state index in [1.54, 1.807) is 18.4 Å². The van der Waals surface area contributed by atoms with Crippen LogP contribution in [0, 0.1) is 0 Å². The van der Waals surface area contributed by atoms with E-state index in [4.69, 9.17) is 18.9 Å². The molecular weight excluding hydrogens is 693 g/mol. The Morgan fingerprint density at radius 3 is 2.30 bits per heavy atom. The van der Waals surface area contributed by atoms with E-state index in [0.29, 0.717) is 41.9 Å². The molecule has 1 saturated carbocycles. The molecule has 0 radical (unpaired) electrons. The van der Waals surface area contributed by atoms with Gasteiger partial charge in [-0.25, -0.2) is 0 Å². The highest BCUT2D eigenvalue weighted by atomic mass is 32.1. The van der Waals surface area contributed by atoms with Gasteiger partial charge in [0, 0.05) is 38.7 Å². The van der Waals surface area contributed by atoms with Crippen molar-refractivity contribution in [3.05, 3.63) is 108 Å². The van der Waals surface area contributed by atoms with Crippen LogP contribution >= 0.6 is 11.3 Å². The van der Waals surface area contributed by atoms with Gasteiger partial charge in [0.15, 0.2) is 17.3 Å². The van der Waals surface area contributed by atoms with Crippen molar-refractivity contribution in [1.29, 1.82) is 0 Å². The van der Waals surface area contributed by atoms with Gasteiger partial charge in [-0.05, 0) is 143 Å². The third-order valence-electron chi connectivity index (χ3n) is 11.4. The van der Waals surface area contributed by atoms with Crippen molar-refractivity contribution in [1.82, 2.24) is 9.80 Å². The average molecular weight is 745 g/mol. The molecule has 1 aromatic heterocycles. The van der Waals surface area contributed by atoms with Gasteiger partial charge in [0.05, 0.1) is 7.11 Å². The summed E-state index contributed by atoms with van der Waals surface area (Å²) in [5.74, 6) is 2.86. The summed E-state index contributed by atoms with van der Waals surface area (Å²) in [6.45, 7) is 6.71. The molecule has 5 aromatic rings. The van der Waals surface area contributed by atoms with Crippen LogP contribution in [-0.2, 0) is 6.61 Å². The lowest BCUT2D eigenvalue weighted by Crippen LogP contribution is -2.49. The first-order chi connectivity index (χ1) is 26.6. The Hall–Kier alpha value is -4.37. The summed E-state index contributed by atoms with van der Waals surface area (Å²) in [4.78, 5) is 20.7. The highest BCUT2D eigenvalue weighted by Crippen LogP contribution is 2.43. The second-order valence-electron chi connectivity index (χ2n) is 15.0. The molecule has 2 unspecified atom stereocenters. The lowest BCUT2D eigenvalue weighted by Gasteiger charge is -2.41. The molecule has 0 bridgehead atoms. The molecule has 0 N–H and O–H groups in total. The predicted octanol–water partition coefficient (Wildman–Crippen LogP) is 10.0. The van der Waals surface area contributed by atoms with Crippen molar-refractivity contribution in [3.8, 4) is 33.4 Å². The molecule has 2 atom stereocenters. The van der Waals surface area contributed by atoms with Gasteiger partial charge in [-0.1, -0.05) is 43.2 Å². The van der Waals surface area contributed by atoms with E-state index >= 15 is 0 Å². The maximum atomic E-state index is 14.7. The Bertz CT molecular complexity index is 2000. The Balaban J connectivity index is 1.07. The summed E-state index contributed by atoms with van der Waals surface area (Å²) < 4.78 is 26.0. The van der Waals surface area contributed by atoms with Crippen LogP contribution in [0.25, 0.3) is 20.5 Å². The van der Waals surface area contributed by atoms with Crippen LogP contribution in [0.4, 0.5) is 0 Å². The molecule has 54 heavy (non-hydrogen) atoms. The van der Waals surface area contributed by atoms with Crippen LogP contribution in [0.5, 0.6) is 23.0 Å². The van der Waals surface area contributed by atoms with Crippen LogP contribution in [0.2, 0.25) is 0 Å². The van der Waals surface area contributed by atoms with E-state index < -0.39 is 0 Å². The van der Waals surface area contributed by atoms with E-state index in [2.05, 4.69) is 40.1 Å². The highest BCUT2D eigenvalue weighted by Gasteiger charge is 2.33. The molecule has 3 aliphatic rings. The second kappa shape index (κ2) is 17.4. The van der Waals surface area contributed by atoms with Crippen molar-refractivity contribution >= 4 is 27.2 Å². The minimum atomic E-state index is -0.0474. The quantitative estimate of drug-likeness (QED) is 0.105. The van der Waals surface area contributed by atoms with Gasteiger partial charge in [-0.3, -0.25) is 14.6 Å². The predicted molar refractivity (Wildman–Crippen MR) is 218 cm³/mol. The SMILES string of the molecule is COc1cc(C(=O)c2c(-c3ccc(OCCN4CCCC4)cc3)sc3cc(OCc4ccccc4)ccc23)ccc1OC1CCCCC1N1CCCCC1. The van der Waals surface area contributed by atoms with Gasteiger partial charge in [-0.2, -0.15) is 0 Å². The zero-order valence-corrected chi connectivity index (χ0v) is 32.3. The summed E-state index contributed by atoms with van der Waals surface area (Å²) in [6.07, 6.45) is 11.1. The molecule has 8 rings (SSSR count). The zero-order chi connectivity index (χ0) is 36.7. The number of methoxy groups -OCH3 is 1. The first kappa shape index (κ1) is 36.6. The Morgan fingerprint density at radius 1 is 0.741 bits per heavy atom. The van der Waals surface area contributed by atoms with Crippen molar-refractivity contribution in [2.45, 2.75) is 76.5 Å². The molecule has 4 aromatic carbocycles. The number of fused-ring (bicyclic) bond motifs is 1. The fraction of sp³-hybridized carbons (Fsp3) is 0.413. The van der Waals surface area contributed by atoms with E-state index in [9.17, 15) is 4.79 Å². The van der Waals surface area contributed by atoms with Gasteiger partial charge in [0.1, 0.15) is 30.8 Å². The molecule has 0 spiro atoms. The molecule has 8 heteroatoms. The number of thiophene rings is 1. The number of ketones is 1.